The molecule has 0 spiro atoms. The average Bonchev–Trinajstić information content (AvgIpc) is 2.87. The zero-order chi connectivity index (χ0) is 17.3. The molecule has 24 heavy (non-hydrogen) atoms. The number of ether oxygens (including phenoxy) is 1. The van der Waals surface area contributed by atoms with Gasteiger partial charge in [0, 0.05) is 0 Å². The third-order valence-corrected chi connectivity index (χ3v) is 4.06. The molecule has 1 fully saturated rings. The van der Waals surface area contributed by atoms with Crippen LogP contribution in [0.3, 0.4) is 0 Å². The van der Waals surface area contributed by atoms with Crippen LogP contribution >= 0.6 is 0 Å². The van der Waals surface area contributed by atoms with Crippen molar-refractivity contribution in [2.75, 3.05) is 6.61 Å². The van der Waals surface area contributed by atoms with Crippen LogP contribution in [0.25, 0.3) is 11.1 Å². The first-order chi connectivity index (χ1) is 11.4. The number of carbonyl (C=O) groups excluding carboxylic acids is 1. The van der Waals surface area contributed by atoms with Crippen LogP contribution in [0.2, 0.25) is 0 Å². The lowest BCUT2D eigenvalue weighted by Crippen LogP contribution is -2.43. The molecule has 0 saturated carbocycles. The highest BCUT2D eigenvalue weighted by molar-refractivity contribution is 5.73. The second-order valence-electron chi connectivity index (χ2n) is 5.73. The van der Waals surface area contributed by atoms with Gasteiger partial charge in [-0.1, -0.05) is 54.6 Å². The second-order valence-corrected chi connectivity index (χ2v) is 5.73. The first-order valence-electron chi connectivity index (χ1n) is 7.55. The summed E-state index contributed by atoms with van der Waals surface area (Å²) in [5.41, 5.74) is 1.16. The molecule has 126 valence electrons. The molecule has 0 N–H and O–H groups in total. The number of cyclic esters (lactones) is 1. The highest BCUT2D eigenvalue weighted by Crippen LogP contribution is 2.44. The molecule has 1 amide bonds. The minimum Gasteiger partial charge on any atom is -0.447 e. The van der Waals surface area contributed by atoms with Crippen LogP contribution in [-0.2, 0) is 4.74 Å². The second kappa shape index (κ2) is 6.19. The summed E-state index contributed by atoms with van der Waals surface area (Å²) >= 11 is 0. The van der Waals surface area contributed by atoms with Gasteiger partial charge in [-0.15, -0.1) is 0 Å². The van der Waals surface area contributed by atoms with Crippen LogP contribution in [-0.4, -0.2) is 29.8 Å². The van der Waals surface area contributed by atoms with Gasteiger partial charge in [0.25, 0.3) is 0 Å². The number of hydrogen-bond acceptors (Lipinski definition) is 2. The Morgan fingerprint density at radius 1 is 1.08 bits per heavy atom. The van der Waals surface area contributed by atoms with Gasteiger partial charge in [-0.05, 0) is 23.6 Å². The van der Waals surface area contributed by atoms with Crippen molar-refractivity contribution >= 4 is 6.09 Å². The molecule has 3 nitrogen and oxygen atoms in total. The van der Waals surface area contributed by atoms with Crippen LogP contribution in [0.4, 0.5) is 18.0 Å². The molecule has 0 aliphatic carbocycles. The van der Waals surface area contributed by atoms with Gasteiger partial charge >= 0.3 is 12.3 Å². The number of amides is 1. The van der Waals surface area contributed by atoms with E-state index in [1.54, 1.807) is 55.5 Å². The van der Waals surface area contributed by atoms with Crippen LogP contribution in [0.15, 0.2) is 54.6 Å². The summed E-state index contributed by atoms with van der Waals surface area (Å²) in [5, 5.41) is 0. The Labute approximate surface area is 137 Å². The van der Waals surface area contributed by atoms with E-state index in [0.29, 0.717) is 11.1 Å². The summed E-state index contributed by atoms with van der Waals surface area (Å²) in [6, 6.07) is 12.4. The predicted molar refractivity (Wildman–Crippen MR) is 83.3 cm³/mol. The molecule has 0 bridgehead atoms. The quantitative estimate of drug-likeness (QED) is 0.806. The minimum absolute atomic E-state index is 0.0427. The van der Waals surface area contributed by atoms with E-state index in [4.69, 9.17) is 4.74 Å². The normalized spacial score (nSPS) is 19.2. The van der Waals surface area contributed by atoms with Crippen molar-refractivity contribution < 1.29 is 22.7 Å². The van der Waals surface area contributed by atoms with Crippen molar-refractivity contribution in [1.29, 1.82) is 0 Å². The number of carbonyl (C=O) groups is 1. The highest BCUT2D eigenvalue weighted by Gasteiger charge is 2.51. The van der Waals surface area contributed by atoms with Crippen LogP contribution in [0, 0.1) is 0 Å². The van der Waals surface area contributed by atoms with E-state index in [1.165, 1.54) is 6.07 Å². The van der Waals surface area contributed by atoms with Gasteiger partial charge in [-0.2, -0.15) is 13.2 Å². The van der Waals surface area contributed by atoms with Crippen molar-refractivity contribution in [2.45, 2.75) is 25.2 Å². The first kappa shape index (κ1) is 16.4. The molecule has 2 unspecified atom stereocenters. The largest absolute Gasteiger partial charge is 0.447 e. The van der Waals surface area contributed by atoms with E-state index in [-0.39, 0.29) is 12.2 Å². The van der Waals surface area contributed by atoms with Gasteiger partial charge < -0.3 is 4.74 Å². The van der Waals surface area contributed by atoms with E-state index in [1.807, 2.05) is 0 Å². The maximum atomic E-state index is 13.9. The zero-order valence-corrected chi connectivity index (χ0v) is 13.0. The lowest BCUT2D eigenvalue weighted by atomic mass is 9.93. The highest BCUT2D eigenvalue weighted by atomic mass is 19.4. The van der Waals surface area contributed by atoms with Crippen LogP contribution in [0.5, 0.6) is 0 Å². The topological polar surface area (TPSA) is 29.5 Å². The zero-order valence-electron chi connectivity index (χ0n) is 13.0. The van der Waals surface area contributed by atoms with E-state index in [2.05, 4.69) is 0 Å². The van der Waals surface area contributed by atoms with Crippen molar-refractivity contribution in [2.24, 2.45) is 0 Å². The van der Waals surface area contributed by atoms with E-state index in [9.17, 15) is 18.0 Å². The van der Waals surface area contributed by atoms with Gasteiger partial charge in [-0.3, -0.25) is 4.90 Å². The van der Waals surface area contributed by atoms with Gasteiger partial charge in [0.05, 0.1) is 6.04 Å². The molecule has 1 heterocycles. The first-order valence-corrected chi connectivity index (χ1v) is 7.55. The Balaban J connectivity index is 2.15. The maximum Gasteiger partial charge on any atom is 0.413 e. The number of halogens is 3. The summed E-state index contributed by atoms with van der Waals surface area (Å²) in [7, 11) is 0. The van der Waals surface area contributed by atoms with Gasteiger partial charge in [0.15, 0.2) is 6.04 Å². The molecule has 1 aliphatic heterocycles. The number of alkyl halides is 3. The third kappa shape index (κ3) is 2.96. The standard InChI is InChI=1S/C18H16F3NO2/c1-12-11-24-17(23)22(12)16(18(19,20)21)15-10-6-5-9-14(15)13-7-3-2-4-8-13/h2-10,12,16H,11H2,1H3. The van der Waals surface area contributed by atoms with Crippen LogP contribution < -0.4 is 0 Å². The maximum absolute atomic E-state index is 13.9. The summed E-state index contributed by atoms with van der Waals surface area (Å²) in [6.07, 6.45) is -5.55. The number of benzene rings is 2. The molecule has 2 aromatic rings. The van der Waals surface area contributed by atoms with E-state index >= 15 is 0 Å². The number of hydrogen-bond donors (Lipinski definition) is 0. The average molecular weight is 335 g/mol. The Bertz CT molecular complexity index is 731. The monoisotopic (exact) mass is 335 g/mol. The van der Waals surface area contributed by atoms with E-state index < -0.39 is 24.4 Å². The van der Waals surface area contributed by atoms with Crippen molar-refractivity contribution in [3.8, 4) is 11.1 Å². The lowest BCUT2D eigenvalue weighted by Gasteiger charge is -2.32. The summed E-state index contributed by atoms with van der Waals surface area (Å²) in [6.45, 7) is 1.51. The fourth-order valence-electron chi connectivity index (χ4n) is 2.99. The summed E-state index contributed by atoms with van der Waals surface area (Å²) in [5.74, 6) is 0. The molecule has 6 heteroatoms. The van der Waals surface area contributed by atoms with E-state index in [0.717, 1.165) is 4.90 Å². The summed E-state index contributed by atoms with van der Waals surface area (Å²) < 4.78 is 46.4. The van der Waals surface area contributed by atoms with Crippen molar-refractivity contribution in [3.05, 3.63) is 60.2 Å². The molecular weight excluding hydrogens is 319 g/mol. The fraction of sp³-hybridized carbons (Fsp3) is 0.278. The van der Waals surface area contributed by atoms with Crippen molar-refractivity contribution in [1.82, 2.24) is 4.90 Å². The molecule has 3 rings (SSSR count). The molecule has 0 radical (unpaired) electrons. The third-order valence-electron chi connectivity index (χ3n) is 4.06. The number of rotatable bonds is 3. The minimum atomic E-state index is -4.61. The molecule has 1 saturated heterocycles. The Morgan fingerprint density at radius 3 is 2.29 bits per heavy atom. The Kier molecular flexibility index (Phi) is 4.22. The van der Waals surface area contributed by atoms with Gasteiger partial charge in [0.1, 0.15) is 6.61 Å². The SMILES string of the molecule is CC1COC(=O)N1C(c1ccccc1-c1ccccc1)C(F)(F)F. The smallest absolute Gasteiger partial charge is 0.413 e. The molecule has 2 aromatic carbocycles. The van der Waals surface area contributed by atoms with Gasteiger partial charge in [0.2, 0.25) is 0 Å². The lowest BCUT2D eigenvalue weighted by molar-refractivity contribution is -0.180. The number of nitrogens with zero attached hydrogens (tertiary/aromatic N) is 1. The van der Waals surface area contributed by atoms with Crippen molar-refractivity contribution in [3.63, 3.8) is 0 Å². The molecular formula is C18H16F3NO2. The Hall–Kier alpha value is -2.50. The predicted octanol–water partition coefficient (Wildman–Crippen LogP) is 4.80. The van der Waals surface area contributed by atoms with Gasteiger partial charge in [-0.25, -0.2) is 4.79 Å². The molecule has 1 aliphatic rings. The Morgan fingerprint density at radius 2 is 1.71 bits per heavy atom. The molecule has 0 aromatic heterocycles. The summed E-state index contributed by atoms with van der Waals surface area (Å²) in [4.78, 5) is 12.7. The molecule has 2 atom stereocenters. The van der Waals surface area contributed by atoms with Crippen LogP contribution in [0.1, 0.15) is 18.5 Å². The fourth-order valence-corrected chi connectivity index (χ4v) is 2.99.